The fourth-order valence-electron chi connectivity index (χ4n) is 2.96. The van der Waals surface area contributed by atoms with Gasteiger partial charge < -0.3 is 4.74 Å². The lowest BCUT2D eigenvalue weighted by molar-refractivity contribution is 0.0926. The first-order valence-electron chi connectivity index (χ1n) is 8.46. The second-order valence-electron chi connectivity index (χ2n) is 6.32. The molecule has 0 amide bonds. The van der Waals surface area contributed by atoms with Crippen LogP contribution in [0.5, 0.6) is 0 Å². The lowest BCUT2D eigenvalue weighted by Gasteiger charge is -2.25. The van der Waals surface area contributed by atoms with E-state index in [2.05, 4.69) is 15.9 Å². The van der Waals surface area contributed by atoms with Crippen LogP contribution in [0.15, 0.2) is 51.8 Å². The van der Waals surface area contributed by atoms with Gasteiger partial charge in [0, 0.05) is 19.7 Å². The zero-order valence-corrected chi connectivity index (χ0v) is 16.8. The van der Waals surface area contributed by atoms with Crippen molar-refractivity contribution in [3.8, 4) is 6.07 Å². The highest BCUT2D eigenvalue weighted by atomic mass is 79.9. The topological polar surface area (TPSA) is 70.4 Å². The van der Waals surface area contributed by atoms with Crippen LogP contribution in [-0.4, -0.2) is 32.0 Å². The summed E-state index contributed by atoms with van der Waals surface area (Å²) in [5.41, 5.74) is 1.06. The SMILES string of the molecule is N#Cc1ccc(S(=O)(=O)N(Cc2ccc(F)c(Br)c2)CC2CCCO2)cc1. The van der Waals surface area contributed by atoms with Gasteiger partial charge >= 0.3 is 0 Å². The van der Waals surface area contributed by atoms with Gasteiger partial charge in [-0.25, -0.2) is 12.8 Å². The molecule has 27 heavy (non-hydrogen) atoms. The zero-order chi connectivity index (χ0) is 19.4. The van der Waals surface area contributed by atoms with Crippen molar-refractivity contribution in [1.82, 2.24) is 4.31 Å². The van der Waals surface area contributed by atoms with Crippen LogP contribution in [0.3, 0.4) is 0 Å². The number of halogens is 2. The largest absolute Gasteiger partial charge is 0.377 e. The van der Waals surface area contributed by atoms with Crippen molar-refractivity contribution < 1.29 is 17.5 Å². The standard InChI is InChI=1S/C19H18BrFN2O3S/c20-18-10-15(5-8-19(18)21)12-23(13-16-2-1-9-26-16)27(24,25)17-6-3-14(11-22)4-7-17/h3-8,10,16H,1-2,9,12-13H2. The number of sulfonamides is 1. The first-order chi connectivity index (χ1) is 12.9. The van der Waals surface area contributed by atoms with E-state index in [0.717, 1.165) is 12.8 Å². The Balaban J connectivity index is 1.91. The molecule has 1 atom stereocenters. The minimum Gasteiger partial charge on any atom is -0.377 e. The Bertz CT molecular complexity index is 952. The Hall–Kier alpha value is -1.79. The Morgan fingerprint density at radius 1 is 1.26 bits per heavy atom. The third-order valence-electron chi connectivity index (χ3n) is 4.40. The van der Waals surface area contributed by atoms with Crippen molar-refractivity contribution in [3.63, 3.8) is 0 Å². The molecule has 0 N–H and O–H groups in total. The number of ether oxygens (including phenoxy) is 1. The van der Waals surface area contributed by atoms with Crippen molar-refractivity contribution in [2.75, 3.05) is 13.2 Å². The van der Waals surface area contributed by atoms with Crippen molar-refractivity contribution >= 4 is 26.0 Å². The van der Waals surface area contributed by atoms with Gasteiger partial charge in [-0.2, -0.15) is 9.57 Å². The highest BCUT2D eigenvalue weighted by molar-refractivity contribution is 9.10. The summed E-state index contributed by atoms with van der Waals surface area (Å²) in [5, 5.41) is 8.91. The van der Waals surface area contributed by atoms with Gasteiger partial charge in [0.1, 0.15) is 5.82 Å². The van der Waals surface area contributed by atoms with Crippen LogP contribution in [0, 0.1) is 17.1 Å². The maximum Gasteiger partial charge on any atom is 0.243 e. The van der Waals surface area contributed by atoms with Crippen LogP contribution in [0.2, 0.25) is 0 Å². The zero-order valence-electron chi connectivity index (χ0n) is 14.4. The average molecular weight is 453 g/mol. The van der Waals surface area contributed by atoms with Gasteiger partial charge in [0.05, 0.1) is 27.1 Å². The molecule has 1 unspecified atom stereocenters. The van der Waals surface area contributed by atoms with Gasteiger partial charge in [-0.3, -0.25) is 0 Å². The molecule has 1 aliphatic rings. The van der Waals surface area contributed by atoms with Crippen molar-refractivity contribution in [1.29, 1.82) is 5.26 Å². The van der Waals surface area contributed by atoms with Gasteiger partial charge in [0.15, 0.2) is 0 Å². The van der Waals surface area contributed by atoms with E-state index < -0.39 is 15.8 Å². The molecule has 8 heteroatoms. The molecule has 0 aliphatic carbocycles. The molecule has 0 bridgehead atoms. The number of rotatable bonds is 6. The molecule has 1 saturated heterocycles. The van der Waals surface area contributed by atoms with E-state index in [0.29, 0.717) is 17.7 Å². The van der Waals surface area contributed by atoms with E-state index in [-0.39, 0.29) is 28.6 Å². The van der Waals surface area contributed by atoms with Gasteiger partial charge in [-0.15, -0.1) is 0 Å². The number of benzene rings is 2. The predicted molar refractivity (Wildman–Crippen MR) is 102 cm³/mol. The van der Waals surface area contributed by atoms with E-state index in [4.69, 9.17) is 10.00 Å². The quantitative estimate of drug-likeness (QED) is 0.667. The fourth-order valence-corrected chi connectivity index (χ4v) is 4.84. The third kappa shape index (κ3) is 4.74. The summed E-state index contributed by atoms with van der Waals surface area (Å²) in [6.07, 6.45) is 1.53. The van der Waals surface area contributed by atoms with Crippen molar-refractivity contribution in [2.24, 2.45) is 0 Å². The molecule has 2 aromatic rings. The first kappa shape index (κ1) is 20.0. The molecule has 0 saturated carbocycles. The van der Waals surface area contributed by atoms with Crippen LogP contribution < -0.4 is 0 Å². The fraction of sp³-hybridized carbons (Fsp3) is 0.316. The molecule has 1 aliphatic heterocycles. The third-order valence-corrected chi connectivity index (χ3v) is 6.83. The first-order valence-corrected chi connectivity index (χ1v) is 10.7. The number of hydrogen-bond donors (Lipinski definition) is 0. The summed E-state index contributed by atoms with van der Waals surface area (Å²) in [6, 6.07) is 12.2. The molecule has 0 radical (unpaired) electrons. The molecule has 0 aromatic heterocycles. The smallest absolute Gasteiger partial charge is 0.243 e. The molecule has 0 spiro atoms. The molecule has 142 valence electrons. The van der Waals surface area contributed by atoms with Gasteiger partial charge in [0.2, 0.25) is 10.0 Å². The maximum absolute atomic E-state index is 13.5. The molecular formula is C19H18BrFN2O3S. The normalized spacial score (nSPS) is 17.2. The number of nitriles is 1. The van der Waals surface area contributed by atoms with Gasteiger partial charge in [-0.05, 0) is 70.7 Å². The Labute approximate surface area is 166 Å². The van der Waals surface area contributed by atoms with Gasteiger partial charge in [0.25, 0.3) is 0 Å². The Kier molecular flexibility index (Phi) is 6.27. The van der Waals surface area contributed by atoms with E-state index >= 15 is 0 Å². The summed E-state index contributed by atoms with van der Waals surface area (Å²) >= 11 is 3.14. The van der Waals surface area contributed by atoms with Crippen LogP contribution in [-0.2, 0) is 21.3 Å². The molecule has 2 aromatic carbocycles. The second kappa shape index (κ2) is 8.48. The maximum atomic E-state index is 13.5. The minimum absolute atomic E-state index is 0.0983. The number of nitrogens with zero attached hydrogens (tertiary/aromatic N) is 2. The number of hydrogen-bond acceptors (Lipinski definition) is 4. The van der Waals surface area contributed by atoms with Crippen LogP contribution >= 0.6 is 15.9 Å². The Morgan fingerprint density at radius 2 is 2.00 bits per heavy atom. The monoisotopic (exact) mass is 452 g/mol. The average Bonchev–Trinajstić information content (AvgIpc) is 3.17. The molecular weight excluding hydrogens is 435 g/mol. The summed E-state index contributed by atoms with van der Waals surface area (Å²) in [5.74, 6) is -0.403. The lowest BCUT2D eigenvalue weighted by Crippen LogP contribution is -2.37. The van der Waals surface area contributed by atoms with Crippen LogP contribution in [0.4, 0.5) is 4.39 Å². The molecule has 1 heterocycles. The van der Waals surface area contributed by atoms with E-state index in [1.165, 1.54) is 34.6 Å². The minimum atomic E-state index is -3.80. The van der Waals surface area contributed by atoms with Gasteiger partial charge in [-0.1, -0.05) is 6.07 Å². The van der Waals surface area contributed by atoms with E-state index in [1.807, 2.05) is 6.07 Å². The summed E-state index contributed by atoms with van der Waals surface area (Å²) in [6.45, 7) is 0.940. The summed E-state index contributed by atoms with van der Waals surface area (Å²) in [4.78, 5) is 0.112. The van der Waals surface area contributed by atoms with Crippen LogP contribution in [0.25, 0.3) is 0 Å². The summed E-state index contributed by atoms with van der Waals surface area (Å²) < 4.78 is 47.1. The van der Waals surface area contributed by atoms with E-state index in [9.17, 15) is 12.8 Å². The molecule has 3 rings (SSSR count). The summed E-state index contributed by atoms with van der Waals surface area (Å²) in [7, 11) is -3.80. The van der Waals surface area contributed by atoms with Crippen LogP contribution in [0.1, 0.15) is 24.0 Å². The molecule has 1 fully saturated rings. The lowest BCUT2D eigenvalue weighted by atomic mass is 10.2. The van der Waals surface area contributed by atoms with Crippen molar-refractivity contribution in [3.05, 3.63) is 63.9 Å². The van der Waals surface area contributed by atoms with Crippen molar-refractivity contribution in [2.45, 2.75) is 30.4 Å². The molecule has 5 nitrogen and oxygen atoms in total. The highest BCUT2D eigenvalue weighted by Crippen LogP contribution is 2.24. The second-order valence-corrected chi connectivity index (χ2v) is 9.11. The predicted octanol–water partition coefficient (Wildman–Crippen LogP) is 3.83. The highest BCUT2D eigenvalue weighted by Gasteiger charge is 2.29. The Morgan fingerprint density at radius 3 is 2.59 bits per heavy atom. The van der Waals surface area contributed by atoms with E-state index in [1.54, 1.807) is 12.1 Å².